The number of thiazole rings is 1. The second-order valence-corrected chi connectivity index (χ2v) is 8.06. The molecule has 0 bridgehead atoms. The Balaban J connectivity index is 1.77. The zero-order valence-electron chi connectivity index (χ0n) is 15.3. The highest BCUT2D eigenvalue weighted by molar-refractivity contribution is 7.98. The number of rotatable bonds is 5. The molecule has 0 unspecified atom stereocenters. The van der Waals surface area contributed by atoms with Gasteiger partial charge in [0, 0.05) is 22.7 Å². The largest absolute Gasteiger partial charge is 0.278 e. The number of aromatic nitrogens is 2. The van der Waals surface area contributed by atoms with Crippen molar-refractivity contribution in [2.75, 3.05) is 11.2 Å². The molecule has 0 aliphatic rings. The molecule has 4 nitrogen and oxygen atoms in total. The second-order valence-electron chi connectivity index (χ2n) is 6.17. The third kappa shape index (κ3) is 4.13. The molecule has 0 atom stereocenters. The van der Waals surface area contributed by atoms with Crippen LogP contribution in [0.5, 0.6) is 0 Å². The zero-order chi connectivity index (χ0) is 20.4. The molecule has 2 aromatic heterocycles. The van der Waals surface area contributed by atoms with Crippen LogP contribution in [0.3, 0.4) is 0 Å². The van der Waals surface area contributed by atoms with Crippen molar-refractivity contribution in [3.05, 3.63) is 83.7 Å². The van der Waals surface area contributed by atoms with Crippen molar-refractivity contribution in [1.29, 1.82) is 0 Å². The SMILES string of the molecule is CSc1ccc(C(=O)N(Cc2ccccn2)c2nc3c(F)cc(F)cc3s2)cc1. The molecule has 0 N–H and O–H groups in total. The van der Waals surface area contributed by atoms with E-state index in [0.29, 0.717) is 16.0 Å². The van der Waals surface area contributed by atoms with E-state index in [0.717, 1.165) is 22.3 Å². The maximum atomic E-state index is 14.1. The summed E-state index contributed by atoms with van der Waals surface area (Å²) >= 11 is 2.65. The van der Waals surface area contributed by atoms with Gasteiger partial charge in [-0.25, -0.2) is 13.8 Å². The Labute approximate surface area is 174 Å². The monoisotopic (exact) mass is 427 g/mol. The van der Waals surface area contributed by atoms with Crippen LogP contribution in [0, 0.1) is 11.6 Å². The number of hydrogen-bond acceptors (Lipinski definition) is 5. The molecule has 8 heteroatoms. The topological polar surface area (TPSA) is 46.1 Å². The van der Waals surface area contributed by atoms with Crippen molar-refractivity contribution in [1.82, 2.24) is 9.97 Å². The third-order valence-electron chi connectivity index (χ3n) is 4.26. The van der Waals surface area contributed by atoms with Crippen molar-refractivity contribution in [2.45, 2.75) is 11.4 Å². The van der Waals surface area contributed by atoms with Crippen molar-refractivity contribution >= 4 is 44.4 Å². The van der Waals surface area contributed by atoms with E-state index in [9.17, 15) is 13.6 Å². The molecule has 0 fully saturated rings. The van der Waals surface area contributed by atoms with Crippen LogP contribution in [0.2, 0.25) is 0 Å². The highest BCUT2D eigenvalue weighted by Gasteiger charge is 2.23. The summed E-state index contributed by atoms with van der Waals surface area (Å²) < 4.78 is 28.1. The van der Waals surface area contributed by atoms with Gasteiger partial charge in [-0.05, 0) is 48.7 Å². The van der Waals surface area contributed by atoms with E-state index in [1.807, 2.05) is 24.5 Å². The van der Waals surface area contributed by atoms with Gasteiger partial charge in [-0.3, -0.25) is 14.7 Å². The lowest BCUT2D eigenvalue weighted by Crippen LogP contribution is -2.30. The van der Waals surface area contributed by atoms with Crippen LogP contribution in [0.15, 0.2) is 65.7 Å². The Morgan fingerprint density at radius 3 is 2.62 bits per heavy atom. The molecule has 2 aromatic carbocycles. The molecule has 0 spiro atoms. The van der Waals surface area contributed by atoms with Crippen LogP contribution in [-0.2, 0) is 6.54 Å². The zero-order valence-corrected chi connectivity index (χ0v) is 16.9. The lowest BCUT2D eigenvalue weighted by Gasteiger charge is -2.19. The van der Waals surface area contributed by atoms with E-state index in [4.69, 9.17) is 0 Å². The van der Waals surface area contributed by atoms with E-state index in [-0.39, 0.29) is 23.1 Å². The number of nitrogens with zero attached hydrogens (tertiary/aromatic N) is 3. The maximum absolute atomic E-state index is 14.1. The normalized spacial score (nSPS) is 11.0. The standard InChI is InChI=1S/C21H15F2N3OS2/c1-28-16-7-5-13(6-8-16)20(27)26(12-15-4-2-3-9-24-15)21-25-19-17(23)10-14(22)11-18(19)29-21/h2-11H,12H2,1H3. The van der Waals surface area contributed by atoms with Crippen LogP contribution in [0.25, 0.3) is 10.2 Å². The molecule has 0 aliphatic heterocycles. The first kappa shape index (κ1) is 19.5. The van der Waals surface area contributed by atoms with Gasteiger partial charge in [0.2, 0.25) is 0 Å². The Bertz CT molecular complexity index is 1160. The van der Waals surface area contributed by atoms with Gasteiger partial charge in [0.25, 0.3) is 5.91 Å². The fourth-order valence-electron chi connectivity index (χ4n) is 2.83. The first-order valence-electron chi connectivity index (χ1n) is 8.66. The third-order valence-corrected chi connectivity index (χ3v) is 6.03. The molecular formula is C21H15F2N3OS2. The smallest absolute Gasteiger partial charge is 0.260 e. The summed E-state index contributed by atoms with van der Waals surface area (Å²) in [4.78, 5) is 24.3. The van der Waals surface area contributed by atoms with Gasteiger partial charge < -0.3 is 0 Å². The van der Waals surface area contributed by atoms with Gasteiger partial charge in [-0.1, -0.05) is 17.4 Å². The Kier molecular flexibility index (Phi) is 5.55. The number of thioether (sulfide) groups is 1. The van der Waals surface area contributed by atoms with Gasteiger partial charge >= 0.3 is 0 Å². The summed E-state index contributed by atoms with van der Waals surface area (Å²) in [6.45, 7) is 0.161. The lowest BCUT2D eigenvalue weighted by molar-refractivity contribution is 0.0984. The summed E-state index contributed by atoms with van der Waals surface area (Å²) in [5.74, 6) is -1.72. The Hall–Kier alpha value is -2.84. The van der Waals surface area contributed by atoms with Gasteiger partial charge in [0.1, 0.15) is 11.3 Å². The van der Waals surface area contributed by atoms with Gasteiger partial charge in [-0.15, -0.1) is 11.8 Å². The maximum Gasteiger partial charge on any atom is 0.260 e. The predicted octanol–water partition coefficient (Wildman–Crippen LogP) is 5.54. The predicted molar refractivity (Wildman–Crippen MR) is 113 cm³/mol. The van der Waals surface area contributed by atoms with Crippen LogP contribution < -0.4 is 4.90 Å². The first-order valence-corrected chi connectivity index (χ1v) is 10.7. The molecule has 0 aliphatic carbocycles. The van der Waals surface area contributed by atoms with E-state index >= 15 is 0 Å². The number of hydrogen-bond donors (Lipinski definition) is 0. The van der Waals surface area contributed by atoms with E-state index < -0.39 is 11.6 Å². The van der Waals surface area contributed by atoms with Crippen LogP contribution >= 0.6 is 23.1 Å². The number of anilines is 1. The summed E-state index contributed by atoms with van der Waals surface area (Å²) in [6.07, 6.45) is 3.59. The highest BCUT2D eigenvalue weighted by Crippen LogP contribution is 2.32. The molecule has 2 heterocycles. The van der Waals surface area contributed by atoms with Crippen molar-refractivity contribution in [3.8, 4) is 0 Å². The van der Waals surface area contributed by atoms with E-state index in [1.54, 1.807) is 42.2 Å². The average molecular weight is 428 g/mol. The minimum Gasteiger partial charge on any atom is -0.278 e. The Morgan fingerprint density at radius 2 is 1.93 bits per heavy atom. The van der Waals surface area contributed by atoms with Crippen molar-refractivity contribution < 1.29 is 13.6 Å². The summed E-state index contributed by atoms with van der Waals surface area (Å²) in [7, 11) is 0. The number of carbonyl (C=O) groups is 1. The van der Waals surface area contributed by atoms with Gasteiger partial charge in [0.05, 0.1) is 16.9 Å². The fourth-order valence-corrected chi connectivity index (χ4v) is 4.24. The van der Waals surface area contributed by atoms with E-state index in [2.05, 4.69) is 9.97 Å². The molecule has 0 saturated heterocycles. The number of pyridine rings is 1. The second kappa shape index (κ2) is 8.26. The molecule has 0 radical (unpaired) electrons. The summed E-state index contributed by atoms with van der Waals surface area (Å²) in [5, 5.41) is 0.286. The highest BCUT2D eigenvalue weighted by atomic mass is 32.2. The van der Waals surface area contributed by atoms with Crippen molar-refractivity contribution in [3.63, 3.8) is 0 Å². The van der Waals surface area contributed by atoms with Crippen LogP contribution in [0.1, 0.15) is 16.1 Å². The fraction of sp³-hybridized carbons (Fsp3) is 0.0952. The Morgan fingerprint density at radius 1 is 1.14 bits per heavy atom. The number of fused-ring (bicyclic) bond motifs is 1. The minimum atomic E-state index is -0.753. The first-order chi connectivity index (χ1) is 14.0. The molecule has 29 heavy (non-hydrogen) atoms. The molecule has 0 saturated carbocycles. The van der Waals surface area contributed by atoms with Crippen molar-refractivity contribution in [2.24, 2.45) is 0 Å². The molecule has 1 amide bonds. The number of carbonyl (C=O) groups excluding carboxylic acids is 1. The molecule has 146 valence electrons. The number of amides is 1. The molecule has 4 aromatic rings. The quantitative estimate of drug-likeness (QED) is 0.393. The molecule has 4 rings (SSSR count). The minimum absolute atomic E-state index is 0.0444. The number of halogens is 2. The van der Waals surface area contributed by atoms with E-state index in [1.165, 1.54) is 11.0 Å². The summed E-state index contributed by atoms with van der Waals surface area (Å²) in [5.41, 5.74) is 1.18. The number of benzene rings is 2. The summed E-state index contributed by atoms with van der Waals surface area (Å²) in [6, 6.07) is 14.6. The van der Waals surface area contributed by atoms with Gasteiger partial charge in [0.15, 0.2) is 10.9 Å². The average Bonchev–Trinajstić information content (AvgIpc) is 3.16. The van der Waals surface area contributed by atoms with Gasteiger partial charge in [-0.2, -0.15) is 0 Å². The molecular weight excluding hydrogens is 412 g/mol. The van der Waals surface area contributed by atoms with Crippen LogP contribution in [0.4, 0.5) is 13.9 Å². The van der Waals surface area contributed by atoms with Crippen LogP contribution in [-0.4, -0.2) is 22.1 Å². The lowest BCUT2D eigenvalue weighted by atomic mass is 10.2.